The molecule has 0 saturated carbocycles. The highest BCUT2D eigenvalue weighted by atomic mass is 16.1. The number of fused-ring (bicyclic) bond motifs is 2. The Hall–Kier alpha value is -2.76. The van der Waals surface area contributed by atoms with Crippen molar-refractivity contribution in [2.75, 3.05) is 5.32 Å². The Labute approximate surface area is 171 Å². The SMILES string of the molecule is CCC(CC)Nc1c2c(nc3c(C4=CCC(C=O)C=C4C=O)c(C)nn13)CCC2. The van der Waals surface area contributed by atoms with Crippen LogP contribution < -0.4 is 5.32 Å². The van der Waals surface area contributed by atoms with E-state index in [1.165, 1.54) is 5.56 Å². The van der Waals surface area contributed by atoms with Crippen molar-refractivity contribution in [1.82, 2.24) is 14.6 Å². The van der Waals surface area contributed by atoms with E-state index in [0.717, 1.165) is 78.7 Å². The molecule has 152 valence electrons. The van der Waals surface area contributed by atoms with Gasteiger partial charge in [0.15, 0.2) is 5.65 Å². The summed E-state index contributed by atoms with van der Waals surface area (Å²) in [6.45, 7) is 6.35. The van der Waals surface area contributed by atoms with Crippen LogP contribution in [0.25, 0.3) is 11.2 Å². The third kappa shape index (κ3) is 3.30. The number of allylic oxidation sites excluding steroid dienone is 4. The lowest BCUT2D eigenvalue weighted by Crippen LogP contribution is -2.21. The van der Waals surface area contributed by atoms with Crippen molar-refractivity contribution in [2.24, 2.45) is 5.92 Å². The number of aromatic nitrogens is 3. The molecule has 0 saturated heterocycles. The van der Waals surface area contributed by atoms with Gasteiger partial charge in [-0.25, -0.2) is 4.98 Å². The van der Waals surface area contributed by atoms with E-state index >= 15 is 0 Å². The van der Waals surface area contributed by atoms with Gasteiger partial charge in [0.1, 0.15) is 18.4 Å². The summed E-state index contributed by atoms with van der Waals surface area (Å²) in [5.74, 6) is 0.801. The van der Waals surface area contributed by atoms with Gasteiger partial charge in [0, 0.05) is 34.4 Å². The van der Waals surface area contributed by atoms with Gasteiger partial charge in [0.2, 0.25) is 0 Å². The number of hydrogen-bond donors (Lipinski definition) is 1. The molecule has 1 atom stereocenters. The largest absolute Gasteiger partial charge is 0.367 e. The summed E-state index contributed by atoms with van der Waals surface area (Å²) in [6, 6.07) is 0.380. The molecule has 0 aromatic carbocycles. The van der Waals surface area contributed by atoms with E-state index in [4.69, 9.17) is 10.1 Å². The first-order valence-electron chi connectivity index (χ1n) is 10.6. The van der Waals surface area contributed by atoms with Crippen LogP contribution in [0.15, 0.2) is 17.7 Å². The predicted octanol–water partition coefficient (Wildman–Crippen LogP) is 3.85. The van der Waals surface area contributed by atoms with E-state index in [0.29, 0.717) is 18.0 Å². The zero-order valence-electron chi connectivity index (χ0n) is 17.4. The first-order chi connectivity index (χ1) is 14.1. The van der Waals surface area contributed by atoms with Gasteiger partial charge >= 0.3 is 0 Å². The summed E-state index contributed by atoms with van der Waals surface area (Å²) in [5, 5.41) is 8.55. The number of aldehydes is 2. The lowest BCUT2D eigenvalue weighted by atomic mass is 9.88. The quantitative estimate of drug-likeness (QED) is 0.724. The number of aryl methyl sites for hydroxylation is 2. The minimum atomic E-state index is -0.245. The molecule has 0 radical (unpaired) electrons. The Morgan fingerprint density at radius 2 is 2.07 bits per heavy atom. The maximum Gasteiger partial charge on any atom is 0.165 e. The molecule has 2 heterocycles. The topological polar surface area (TPSA) is 76.4 Å². The van der Waals surface area contributed by atoms with Gasteiger partial charge in [-0.15, -0.1) is 0 Å². The number of carbonyl (C=O) groups is 2. The fraction of sp³-hybridized carbons (Fsp3) is 0.478. The highest BCUT2D eigenvalue weighted by Crippen LogP contribution is 2.37. The van der Waals surface area contributed by atoms with Crippen molar-refractivity contribution in [3.63, 3.8) is 0 Å². The Kier molecular flexibility index (Phi) is 5.35. The molecule has 2 aromatic heterocycles. The second kappa shape index (κ2) is 7.93. The second-order valence-corrected chi connectivity index (χ2v) is 7.99. The maximum atomic E-state index is 11.8. The molecule has 0 amide bonds. The summed E-state index contributed by atoms with van der Waals surface area (Å²) in [5.41, 5.74) is 6.31. The third-order valence-electron chi connectivity index (χ3n) is 6.16. The third-order valence-corrected chi connectivity index (χ3v) is 6.16. The van der Waals surface area contributed by atoms with Crippen LogP contribution in [0.5, 0.6) is 0 Å². The van der Waals surface area contributed by atoms with Crippen LogP contribution >= 0.6 is 0 Å². The average molecular weight is 393 g/mol. The smallest absolute Gasteiger partial charge is 0.165 e. The van der Waals surface area contributed by atoms with Gasteiger partial charge in [0.05, 0.1) is 5.69 Å². The summed E-state index contributed by atoms with van der Waals surface area (Å²) in [4.78, 5) is 28.0. The van der Waals surface area contributed by atoms with Crippen molar-refractivity contribution in [2.45, 2.75) is 65.3 Å². The van der Waals surface area contributed by atoms with Gasteiger partial charge in [0.25, 0.3) is 0 Å². The van der Waals surface area contributed by atoms with Crippen LogP contribution in [-0.4, -0.2) is 33.2 Å². The molecular weight excluding hydrogens is 364 g/mol. The van der Waals surface area contributed by atoms with Crippen LogP contribution in [0.2, 0.25) is 0 Å². The second-order valence-electron chi connectivity index (χ2n) is 7.99. The van der Waals surface area contributed by atoms with E-state index in [-0.39, 0.29) is 5.92 Å². The van der Waals surface area contributed by atoms with E-state index in [2.05, 4.69) is 19.2 Å². The minimum absolute atomic E-state index is 0.245. The molecule has 1 N–H and O–H groups in total. The molecule has 4 rings (SSSR count). The highest BCUT2D eigenvalue weighted by Gasteiger charge is 2.27. The Morgan fingerprint density at radius 1 is 1.28 bits per heavy atom. The number of hydrogen-bond acceptors (Lipinski definition) is 5. The van der Waals surface area contributed by atoms with Crippen LogP contribution in [-0.2, 0) is 22.4 Å². The molecule has 0 aliphatic heterocycles. The van der Waals surface area contributed by atoms with E-state index in [9.17, 15) is 9.59 Å². The number of rotatable bonds is 7. The Morgan fingerprint density at radius 3 is 2.76 bits per heavy atom. The monoisotopic (exact) mass is 392 g/mol. The summed E-state index contributed by atoms with van der Waals surface area (Å²) >= 11 is 0. The average Bonchev–Trinajstić information content (AvgIpc) is 3.34. The van der Waals surface area contributed by atoms with Crippen LogP contribution in [0.4, 0.5) is 5.82 Å². The van der Waals surface area contributed by atoms with E-state index < -0.39 is 0 Å². The molecule has 0 bridgehead atoms. The lowest BCUT2D eigenvalue weighted by molar-refractivity contribution is -0.109. The summed E-state index contributed by atoms with van der Waals surface area (Å²) in [6.07, 6.45) is 11.2. The number of anilines is 1. The van der Waals surface area contributed by atoms with Crippen LogP contribution in [0.1, 0.15) is 62.0 Å². The molecule has 6 nitrogen and oxygen atoms in total. The van der Waals surface area contributed by atoms with Gasteiger partial charge in [-0.05, 0) is 51.0 Å². The number of carbonyl (C=O) groups excluding carboxylic acids is 2. The predicted molar refractivity (Wildman–Crippen MR) is 114 cm³/mol. The van der Waals surface area contributed by atoms with Crippen molar-refractivity contribution in [3.8, 4) is 0 Å². The first kappa shape index (κ1) is 19.6. The molecule has 2 aromatic rings. The van der Waals surface area contributed by atoms with Crippen molar-refractivity contribution < 1.29 is 9.59 Å². The van der Waals surface area contributed by atoms with Crippen LogP contribution in [0, 0.1) is 12.8 Å². The fourth-order valence-electron chi connectivity index (χ4n) is 4.49. The summed E-state index contributed by atoms with van der Waals surface area (Å²) < 4.78 is 1.93. The minimum Gasteiger partial charge on any atom is -0.367 e. The molecule has 6 heteroatoms. The molecule has 0 fully saturated rings. The standard InChI is InChI=1S/C23H28N4O2/c1-4-17(5-2)24-22-19-7-6-8-20(19)25-23-21(14(3)26-27(22)23)18-10-9-15(12-28)11-16(18)13-29/h10-13,15,17,24H,4-9H2,1-3H3. The molecule has 0 spiro atoms. The maximum absolute atomic E-state index is 11.8. The number of nitrogens with one attached hydrogen (secondary N) is 1. The van der Waals surface area contributed by atoms with E-state index in [1.807, 2.05) is 17.5 Å². The van der Waals surface area contributed by atoms with Gasteiger partial charge in [-0.2, -0.15) is 9.61 Å². The van der Waals surface area contributed by atoms with Gasteiger partial charge in [-0.3, -0.25) is 4.79 Å². The summed E-state index contributed by atoms with van der Waals surface area (Å²) in [7, 11) is 0. The highest BCUT2D eigenvalue weighted by molar-refractivity contribution is 6.03. The number of nitrogens with zero attached hydrogens (tertiary/aromatic N) is 3. The Bertz CT molecular complexity index is 1030. The molecule has 1 unspecified atom stereocenters. The van der Waals surface area contributed by atoms with Gasteiger partial charge in [-0.1, -0.05) is 26.0 Å². The van der Waals surface area contributed by atoms with Crippen molar-refractivity contribution >= 4 is 29.6 Å². The molecular formula is C23H28N4O2. The lowest BCUT2D eigenvalue weighted by Gasteiger charge is -2.20. The normalized spacial score (nSPS) is 18.6. The fourth-order valence-corrected chi connectivity index (χ4v) is 4.49. The molecule has 2 aliphatic carbocycles. The van der Waals surface area contributed by atoms with E-state index in [1.54, 1.807) is 6.08 Å². The molecule has 2 aliphatic rings. The Balaban J connectivity index is 1.91. The zero-order valence-corrected chi connectivity index (χ0v) is 17.4. The van der Waals surface area contributed by atoms with Gasteiger partial charge < -0.3 is 10.1 Å². The van der Waals surface area contributed by atoms with Crippen molar-refractivity contribution in [3.05, 3.63) is 40.2 Å². The van der Waals surface area contributed by atoms with Crippen LogP contribution in [0.3, 0.4) is 0 Å². The van der Waals surface area contributed by atoms with Crippen molar-refractivity contribution in [1.29, 1.82) is 0 Å². The first-order valence-corrected chi connectivity index (χ1v) is 10.6. The molecule has 29 heavy (non-hydrogen) atoms. The zero-order chi connectivity index (χ0) is 20.5.